The lowest BCUT2D eigenvalue weighted by molar-refractivity contribution is -0.117. The van der Waals surface area contributed by atoms with Gasteiger partial charge < -0.3 is 9.47 Å². The van der Waals surface area contributed by atoms with Crippen molar-refractivity contribution in [2.45, 2.75) is 19.8 Å². The number of carbonyl (C=O) groups excluding carboxylic acids is 2. The van der Waals surface area contributed by atoms with Gasteiger partial charge in [-0.15, -0.1) is 5.10 Å². The van der Waals surface area contributed by atoms with Gasteiger partial charge in [0.2, 0.25) is 0 Å². The number of benzene rings is 2. The van der Waals surface area contributed by atoms with Crippen molar-refractivity contribution in [2.75, 3.05) is 13.7 Å². The Morgan fingerprint density at radius 2 is 1.91 bits per heavy atom. The van der Waals surface area contributed by atoms with Crippen molar-refractivity contribution in [3.63, 3.8) is 0 Å². The highest BCUT2D eigenvalue weighted by Crippen LogP contribution is 2.28. The molecule has 2 amide bonds. The van der Waals surface area contributed by atoms with Crippen LogP contribution in [0.15, 0.2) is 54.9 Å². The third-order valence-corrected chi connectivity index (χ3v) is 4.41. The molecule has 0 fully saturated rings. The van der Waals surface area contributed by atoms with Crippen LogP contribution in [0.2, 0.25) is 0 Å². The molecule has 10 nitrogen and oxygen atoms in total. The Morgan fingerprint density at radius 1 is 1.09 bits per heavy atom. The highest BCUT2D eigenvalue weighted by atomic mass is 16.5. The monoisotopic (exact) mass is 436 g/mol. The van der Waals surface area contributed by atoms with E-state index in [0.29, 0.717) is 29.4 Å². The highest BCUT2D eigenvalue weighted by Gasteiger charge is 2.08. The molecule has 2 N–H and O–H groups in total. The summed E-state index contributed by atoms with van der Waals surface area (Å²) in [6.07, 6.45) is 6.37. The first kappa shape index (κ1) is 22.5. The Kier molecular flexibility index (Phi) is 7.90. The van der Waals surface area contributed by atoms with Gasteiger partial charge in [0.25, 0.3) is 11.8 Å². The SMILES string of the molecule is CCCCOc1ccc(/C=C/C(=O)NNC(=O)c2ccc(-n3cnnn3)cc2)cc1OC. The quantitative estimate of drug-likeness (QED) is 0.300. The predicted molar refractivity (Wildman–Crippen MR) is 117 cm³/mol. The number of rotatable bonds is 9. The van der Waals surface area contributed by atoms with Crippen LogP contribution in [0.1, 0.15) is 35.7 Å². The lowest BCUT2D eigenvalue weighted by atomic mass is 10.2. The third-order valence-electron chi connectivity index (χ3n) is 4.41. The molecule has 1 heterocycles. The summed E-state index contributed by atoms with van der Waals surface area (Å²) in [6.45, 7) is 2.71. The van der Waals surface area contributed by atoms with E-state index in [-0.39, 0.29) is 0 Å². The molecule has 3 rings (SSSR count). The molecule has 1 aromatic heterocycles. The van der Waals surface area contributed by atoms with Gasteiger partial charge in [0.05, 0.1) is 19.4 Å². The van der Waals surface area contributed by atoms with E-state index in [1.165, 1.54) is 17.1 Å². The van der Waals surface area contributed by atoms with Gasteiger partial charge in [0, 0.05) is 11.6 Å². The zero-order valence-electron chi connectivity index (χ0n) is 17.8. The standard InChI is InChI=1S/C22H24N6O4/c1-3-4-13-32-19-11-5-16(14-20(19)31-2)6-12-21(29)24-25-22(30)17-7-9-18(10-8-17)28-15-23-26-27-28/h5-12,14-15H,3-4,13H2,1-2H3,(H,24,29)(H,25,30)/b12-6+. The fraction of sp³-hybridized carbons (Fsp3) is 0.227. The second-order valence-electron chi connectivity index (χ2n) is 6.69. The third kappa shape index (κ3) is 6.14. The molecule has 0 unspecified atom stereocenters. The molecule has 32 heavy (non-hydrogen) atoms. The van der Waals surface area contributed by atoms with E-state index in [1.54, 1.807) is 49.6 Å². The minimum absolute atomic E-state index is 0.370. The fourth-order valence-corrected chi connectivity index (χ4v) is 2.68. The maximum atomic E-state index is 12.2. The summed E-state index contributed by atoms with van der Waals surface area (Å²) < 4.78 is 12.5. The lowest BCUT2D eigenvalue weighted by Crippen LogP contribution is -2.40. The van der Waals surface area contributed by atoms with E-state index < -0.39 is 11.8 Å². The van der Waals surface area contributed by atoms with Crippen LogP contribution >= 0.6 is 0 Å². The first-order valence-electron chi connectivity index (χ1n) is 10.0. The van der Waals surface area contributed by atoms with Crippen LogP contribution in [0.5, 0.6) is 11.5 Å². The molecule has 0 bridgehead atoms. The molecular formula is C22H24N6O4. The van der Waals surface area contributed by atoms with E-state index in [2.05, 4.69) is 33.3 Å². The zero-order valence-corrected chi connectivity index (χ0v) is 17.8. The number of carbonyl (C=O) groups is 2. The summed E-state index contributed by atoms with van der Waals surface area (Å²) in [5, 5.41) is 10.9. The molecule has 0 aliphatic carbocycles. The second-order valence-corrected chi connectivity index (χ2v) is 6.69. The van der Waals surface area contributed by atoms with Crippen molar-refractivity contribution in [2.24, 2.45) is 0 Å². The second kappa shape index (κ2) is 11.3. The van der Waals surface area contributed by atoms with Crippen molar-refractivity contribution >= 4 is 17.9 Å². The van der Waals surface area contributed by atoms with Crippen LogP contribution in [-0.2, 0) is 4.79 Å². The largest absolute Gasteiger partial charge is 0.493 e. The number of ether oxygens (including phenoxy) is 2. The zero-order chi connectivity index (χ0) is 22.8. The topological polar surface area (TPSA) is 120 Å². The fourth-order valence-electron chi connectivity index (χ4n) is 2.68. The van der Waals surface area contributed by atoms with Crippen LogP contribution in [-0.4, -0.2) is 45.7 Å². The maximum Gasteiger partial charge on any atom is 0.269 e. The van der Waals surface area contributed by atoms with Crippen LogP contribution in [0.25, 0.3) is 11.8 Å². The maximum absolute atomic E-state index is 12.2. The van der Waals surface area contributed by atoms with Crippen molar-refractivity contribution in [3.05, 3.63) is 66.0 Å². The number of hydrazine groups is 1. The van der Waals surface area contributed by atoms with Crippen LogP contribution in [0, 0.1) is 0 Å². The van der Waals surface area contributed by atoms with E-state index in [1.807, 2.05) is 6.07 Å². The molecular weight excluding hydrogens is 412 g/mol. The summed E-state index contributed by atoms with van der Waals surface area (Å²) in [7, 11) is 1.56. The summed E-state index contributed by atoms with van der Waals surface area (Å²) >= 11 is 0. The molecule has 3 aromatic rings. The lowest BCUT2D eigenvalue weighted by Gasteiger charge is -2.11. The van der Waals surface area contributed by atoms with E-state index in [0.717, 1.165) is 18.4 Å². The molecule has 2 aromatic carbocycles. The minimum atomic E-state index is -0.481. The van der Waals surface area contributed by atoms with Gasteiger partial charge in [-0.25, -0.2) is 4.68 Å². The number of methoxy groups -OCH3 is 1. The number of tetrazole rings is 1. The van der Waals surface area contributed by atoms with Crippen LogP contribution in [0.4, 0.5) is 0 Å². The molecule has 0 aliphatic rings. The average Bonchev–Trinajstić information content (AvgIpc) is 3.37. The first-order chi connectivity index (χ1) is 15.6. The predicted octanol–water partition coefficient (Wildman–Crippen LogP) is 2.32. The van der Waals surface area contributed by atoms with Crippen molar-refractivity contribution < 1.29 is 19.1 Å². The highest BCUT2D eigenvalue weighted by molar-refractivity contribution is 5.98. The molecule has 0 aliphatic heterocycles. The molecule has 0 spiro atoms. The number of unbranched alkanes of at least 4 members (excludes halogenated alkanes) is 1. The number of hydrogen-bond acceptors (Lipinski definition) is 7. The summed E-state index contributed by atoms with van der Waals surface area (Å²) in [5.74, 6) is 0.305. The summed E-state index contributed by atoms with van der Waals surface area (Å²) in [5.41, 5.74) is 6.55. The Hall–Kier alpha value is -4.21. The van der Waals surface area contributed by atoms with Gasteiger partial charge in [-0.1, -0.05) is 19.4 Å². The van der Waals surface area contributed by atoms with Crippen molar-refractivity contribution in [1.82, 2.24) is 31.1 Å². The average molecular weight is 436 g/mol. The van der Waals surface area contributed by atoms with Crippen molar-refractivity contribution in [1.29, 1.82) is 0 Å². The number of amides is 2. The van der Waals surface area contributed by atoms with Crippen LogP contribution < -0.4 is 20.3 Å². The van der Waals surface area contributed by atoms with E-state index in [9.17, 15) is 9.59 Å². The smallest absolute Gasteiger partial charge is 0.269 e. The Balaban J connectivity index is 1.52. The molecule has 166 valence electrons. The van der Waals surface area contributed by atoms with Gasteiger partial charge in [0.15, 0.2) is 11.5 Å². The Labute approximate surface area is 185 Å². The molecule has 0 saturated heterocycles. The first-order valence-corrected chi connectivity index (χ1v) is 10.0. The van der Waals surface area contributed by atoms with Gasteiger partial charge in [0.1, 0.15) is 6.33 Å². The molecule has 10 heteroatoms. The molecule has 0 saturated carbocycles. The number of aromatic nitrogens is 4. The normalized spacial score (nSPS) is 10.7. The molecule has 0 atom stereocenters. The Bertz CT molecular complexity index is 1060. The summed E-state index contributed by atoms with van der Waals surface area (Å²) in [6, 6.07) is 12.0. The van der Waals surface area contributed by atoms with Gasteiger partial charge >= 0.3 is 0 Å². The summed E-state index contributed by atoms with van der Waals surface area (Å²) in [4.78, 5) is 24.3. The van der Waals surface area contributed by atoms with Crippen molar-refractivity contribution in [3.8, 4) is 17.2 Å². The van der Waals surface area contributed by atoms with Crippen LogP contribution in [0.3, 0.4) is 0 Å². The Morgan fingerprint density at radius 3 is 2.59 bits per heavy atom. The minimum Gasteiger partial charge on any atom is -0.493 e. The van der Waals surface area contributed by atoms with Gasteiger partial charge in [-0.3, -0.25) is 20.4 Å². The van der Waals surface area contributed by atoms with Gasteiger partial charge in [-0.2, -0.15) is 0 Å². The number of hydrogen-bond donors (Lipinski definition) is 2. The van der Waals surface area contributed by atoms with Gasteiger partial charge in [-0.05, 0) is 64.9 Å². The number of nitrogens with one attached hydrogen (secondary N) is 2. The van der Waals surface area contributed by atoms with E-state index >= 15 is 0 Å². The van der Waals surface area contributed by atoms with E-state index in [4.69, 9.17) is 9.47 Å². The number of nitrogens with zero attached hydrogens (tertiary/aromatic N) is 4. The molecule has 0 radical (unpaired) electrons.